The lowest BCUT2D eigenvalue weighted by Gasteiger charge is -2.38. The molecule has 0 N–H and O–H groups in total. The van der Waals surface area contributed by atoms with Gasteiger partial charge in [0.05, 0.1) is 5.69 Å². The van der Waals surface area contributed by atoms with Crippen molar-refractivity contribution in [3.8, 4) is 0 Å². The molecule has 0 unspecified atom stereocenters. The zero-order valence-electron chi connectivity index (χ0n) is 16.8. The number of hydrogen-bond donors (Lipinski definition) is 0. The molecule has 7 nitrogen and oxygen atoms in total. The fourth-order valence-electron chi connectivity index (χ4n) is 3.91. The number of piperidine rings is 1. The number of rotatable bonds is 6. The fourth-order valence-corrected chi connectivity index (χ4v) is 3.91. The first-order valence-electron chi connectivity index (χ1n) is 9.71. The summed E-state index contributed by atoms with van der Waals surface area (Å²) in [6, 6.07) is 10.2. The highest BCUT2D eigenvalue weighted by Gasteiger charge is 2.41. The highest BCUT2D eigenvalue weighted by Crippen LogP contribution is 2.35. The fraction of sp³-hybridized carbons (Fsp3) is 0.476. The Morgan fingerprint density at radius 3 is 2.57 bits per heavy atom. The summed E-state index contributed by atoms with van der Waals surface area (Å²) in [5.41, 5.74) is 3.04. The minimum atomic E-state index is -0.498. The van der Waals surface area contributed by atoms with E-state index in [-0.39, 0.29) is 0 Å². The quantitative estimate of drug-likeness (QED) is 0.654. The standard InChI is InChI=1S/C21H27N5O2/c1-16-18(14-25(2)23-16)15-26-11-9-21(27-3,10-12-26)20-22-19(24-28-20)13-17-7-5-4-6-8-17/h4-8,14H,9-13,15H2,1-3H3. The molecule has 0 atom stereocenters. The minimum absolute atomic E-state index is 0.498. The molecule has 0 saturated carbocycles. The number of aromatic nitrogens is 4. The summed E-state index contributed by atoms with van der Waals surface area (Å²) in [7, 11) is 3.70. The van der Waals surface area contributed by atoms with Crippen LogP contribution in [0.1, 0.15) is 41.4 Å². The summed E-state index contributed by atoms with van der Waals surface area (Å²) >= 11 is 0. The van der Waals surface area contributed by atoms with E-state index in [0.717, 1.165) is 38.2 Å². The molecule has 0 bridgehead atoms. The lowest BCUT2D eigenvalue weighted by molar-refractivity contribution is -0.0838. The van der Waals surface area contributed by atoms with Crippen LogP contribution >= 0.6 is 0 Å². The normalized spacial score (nSPS) is 17.1. The second-order valence-electron chi connectivity index (χ2n) is 7.57. The average Bonchev–Trinajstić information content (AvgIpc) is 3.30. The zero-order valence-corrected chi connectivity index (χ0v) is 16.8. The third-order valence-corrected chi connectivity index (χ3v) is 5.63. The molecule has 0 spiro atoms. The first kappa shape index (κ1) is 18.8. The van der Waals surface area contributed by atoms with Crippen LogP contribution in [0.2, 0.25) is 0 Å². The molecule has 1 aromatic carbocycles. The van der Waals surface area contributed by atoms with Crippen LogP contribution in [0.5, 0.6) is 0 Å². The van der Waals surface area contributed by atoms with E-state index in [0.29, 0.717) is 18.1 Å². The van der Waals surface area contributed by atoms with Gasteiger partial charge in [0.2, 0.25) is 0 Å². The third-order valence-electron chi connectivity index (χ3n) is 5.63. The molecular formula is C21H27N5O2. The Bertz CT molecular complexity index is 910. The number of benzene rings is 1. The summed E-state index contributed by atoms with van der Waals surface area (Å²) in [4.78, 5) is 7.10. The largest absolute Gasteiger partial charge is 0.368 e. The molecule has 7 heteroatoms. The van der Waals surface area contributed by atoms with Gasteiger partial charge in [0, 0.05) is 52.0 Å². The van der Waals surface area contributed by atoms with Gasteiger partial charge in [0.15, 0.2) is 5.82 Å². The van der Waals surface area contributed by atoms with E-state index in [2.05, 4.69) is 45.4 Å². The van der Waals surface area contributed by atoms with Crippen molar-refractivity contribution < 1.29 is 9.26 Å². The molecule has 1 aliphatic heterocycles. The molecule has 2 aromatic heterocycles. The van der Waals surface area contributed by atoms with Crippen LogP contribution in [0.3, 0.4) is 0 Å². The number of nitrogens with zero attached hydrogens (tertiary/aromatic N) is 5. The van der Waals surface area contributed by atoms with Crippen LogP contribution in [0.4, 0.5) is 0 Å². The molecule has 28 heavy (non-hydrogen) atoms. The van der Waals surface area contributed by atoms with E-state index in [4.69, 9.17) is 9.26 Å². The predicted molar refractivity (Wildman–Crippen MR) is 105 cm³/mol. The van der Waals surface area contributed by atoms with Crippen molar-refractivity contribution in [1.82, 2.24) is 24.8 Å². The van der Waals surface area contributed by atoms with Crippen LogP contribution in [-0.2, 0) is 30.4 Å². The molecule has 1 aliphatic rings. The topological polar surface area (TPSA) is 69.2 Å². The van der Waals surface area contributed by atoms with Gasteiger partial charge in [0.1, 0.15) is 5.60 Å². The third kappa shape index (κ3) is 3.86. The summed E-state index contributed by atoms with van der Waals surface area (Å²) in [5.74, 6) is 1.30. The molecular weight excluding hydrogens is 354 g/mol. The van der Waals surface area contributed by atoms with Gasteiger partial charge in [-0.3, -0.25) is 9.58 Å². The molecule has 0 aliphatic carbocycles. The van der Waals surface area contributed by atoms with Gasteiger partial charge >= 0.3 is 0 Å². The van der Waals surface area contributed by atoms with E-state index in [1.54, 1.807) is 7.11 Å². The molecule has 1 fully saturated rings. The Kier molecular flexibility index (Phi) is 5.28. The highest BCUT2D eigenvalue weighted by atomic mass is 16.5. The smallest absolute Gasteiger partial charge is 0.258 e. The van der Waals surface area contributed by atoms with Gasteiger partial charge in [-0.15, -0.1) is 0 Å². The number of ether oxygens (including phenoxy) is 1. The molecule has 148 valence electrons. The molecule has 3 aromatic rings. The van der Waals surface area contributed by atoms with E-state index >= 15 is 0 Å². The Hall–Kier alpha value is -2.51. The summed E-state index contributed by atoms with van der Waals surface area (Å²) in [5, 5.41) is 8.63. The van der Waals surface area contributed by atoms with Crippen molar-refractivity contribution in [2.24, 2.45) is 7.05 Å². The number of likely N-dealkylation sites (tertiary alicyclic amines) is 1. The van der Waals surface area contributed by atoms with Gasteiger partial charge in [-0.2, -0.15) is 10.1 Å². The maximum absolute atomic E-state index is 5.92. The van der Waals surface area contributed by atoms with Gasteiger partial charge in [-0.05, 0) is 25.3 Å². The Morgan fingerprint density at radius 2 is 1.93 bits per heavy atom. The molecule has 4 rings (SSSR count). The Labute approximate surface area is 165 Å². The number of aryl methyl sites for hydroxylation is 2. The molecule has 3 heterocycles. The monoisotopic (exact) mass is 381 g/mol. The van der Waals surface area contributed by atoms with Gasteiger partial charge in [-0.1, -0.05) is 35.5 Å². The maximum atomic E-state index is 5.92. The zero-order chi connectivity index (χ0) is 19.6. The number of methoxy groups -OCH3 is 1. The summed E-state index contributed by atoms with van der Waals surface area (Å²) in [6.45, 7) is 4.80. The van der Waals surface area contributed by atoms with Crippen LogP contribution in [-0.4, -0.2) is 45.0 Å². The van der Waals surface area contributed by atoms with E-state index in [1.807, 2.05) is 29.9 Å². The SMILES string of the molecule is COC1(c2nc(Cc3ccccc3)no2)CCN(Cc2cn(C)nc2C)CC1. The second-order valence-corrected chi connectivity index (χ2v) is 7.57. The average molecular weight is 381 g/mol. The van der Waals surface area contributed by atoms with Crippen LogP contribution < -0.4 is 0 Å². The summed E-state index contributed by atoms with van der Waals surface area (Å²) in [6.07, 6.45) is 4.42. The minimum Gasteiger partial charge on any atom is -0.368 e. The van der Waals surface area contributed by atoms with Gasteiger partial charge < -0.3 is 9.26 Å². The van der Waals surface area contributed by atoms with Gasteiger partial charge in [-0.25, -0.2) is 0 Å². The van der Waals surface area contributed by atoms with E-state index in [1.165, 1.54) is 11.1 Å². The summed E-state index contributed by atoms with van der Waals surface area (Å²) < 4.78 is 13.4. The second kappa shape index (κ2) is 7.85. The van der Waals surface area contributed by atoms with Crippen molar-refractivity contribution in [1.29, 1.82) is 0 Å². The first-order chi connectivity index (χ1) is 13.6. The van der Waals surface area contributed by atoms with Crippen LogP contribution in [0.15, 0.2) is 41.1 Å². The van der Waals surface area contributed by atoms with Crippen molar-refractivity contribution in [2.75, 3.05) is 20.2 Å². The lowest BCUT2D eigenvalue weighted by Crippen LogP contribution is -2.43. The number of hydrogen-bond acceptors (Lipinski definition) is 6. The lowest BCUT2D eigenvalue weighted by atomic mass is 9.90. The Balaban J connectivity index is 1.42. The maximum Gasteiger partial charge on any atom is 0.258 e. The van der Waals surface area contributed by atoms with Crippen molar-refractivity contribution >= 4 is 0 Å². The van der Waals surface area contributed by atoms with Crippen LogP contribution in [0.25, 0.3) is 0 Å². The predicted octanol–water partition coefficient (Wildman–Crippen LogP) is 2.84. The van der Waals surface area contributed by atoms with Gasteiger partial charge in [0.25, 0.3) is 5.89 Å². The molecule has 0 amide bonds. The van der Waals surface area contributed by atoms with E-state index in [9.17, 15) is 0 Å². The Morgan fingerprint density at radius 1 is 1.18 bits per heavy atom. The molecule has 0 radical (unpaired) electrons. The van der Waals surface area contributed by atoms with Crippen molar-refractivity contribution in [2.45, 2.75) is 38.3 Å². The van der Waals surface area contributed by atoms with Crippen molar-refractivity contribution in [3.63, 3.8) is 0 Å². The van der Waals surface area contributed by atoms with E-state index < -0.39 is 5.60 Å². The molecule has 1 saturated heterocycles. The highest BCUT2D eigenvalue weighted by molar-refractivity contribution is 5.19. The first-order valence-corrected chi connectivity index (χ1v) is 9.71. The van der Waals surface area contributed by atoms with Crippen molar-refractivity contribution in [3.05, 3.63) is 65.1 Å². The van der Waals surface area contributed by atoms with Crippen LogP contribution in [0, 0.1) is 6.92 Å².